The van der Waals surface area contributed by atoms with E-state index in [2.05, 4.69) is 10.5 Å². The number of benzene rings is 1. The Morgan fingerprint density at radius 3 is 3.00 bits per heavy atom. The number of nitrogens with two attached hydrogens (primary N) is 1. The van der Waals surface area contributed by atoms with Crippen LogP contribution in [0.4, 0.5) is 4.39 Å². The van der Waals surface area contributed by atoms with E-state index in [-0.39, 0.29) is 11.7 Å². The fourth-order valence-corrected chi connectivity index (χ4v) is 1.18. The zero-order chi connectivity index (χ0) is 11.1. The van der Waals surface area contributed by atoms with E-state index in [0.717, 1.165) is 5.56 Å². The second-order valence-electron chi connectivity index (χ2n) is 3.15. The van der Waals surface area contributed by atoms with E-state index < -0.39 is 0 Å². The molecular weight excluding hydrogens is 197 g/mol. The smallest absolute Gasteiger partial charge is 0.153 e. The predicted molar refractivity (Wildman–Crippen MR) is 56.4 cm³/mol. The van der Waals surface area contributed by atoms with Gasteiger partial charge in [0.2, 0.25) is 0 Å². The third-order valence-corrected chi connectivity index (χ3v) is 1.91. The van der Waals surface area contributed by atoms with Gasteiger partial charge in [0, 0.05) is 0 Å². The van der Waals surface area contributed by atoms with Crippen LogP contribution in [0.3, 0.4) is 0 Å². The van der Waals surface area contributed by atoms with Gasteiger partial charge in [0.05, 0.1) is 6.54 Å². The Morgan fingerprint density at radius 1 is 1.53 bits per heavy atom. The zero-order valence-electron chi connectivity index (χ0n) is 8.28. The van der Waals surface area contributed by atoms with Crippen molar-refractivity contribution in [3.8, 4) is 0 Å². The topological polar surface area (TPSA) is 70.6 Å². The Bertz CT molecular complexity index is 341. The number of rotatable bonds is 5. The van der Waals surface area contributed by atoms with Crippen LogP contribution in [-0.2, 0) is 6.42 Å². The molecule has 4 nitrogen and oxygen atoms in total. The third-order valence-electron chi connectivity index (χ3n) is 1.91. The molecule has 0 bridgehead atoms. The molecule has 0 atom stereocenters. The van der Waals surface area contributed by atoms with Gasteiger partial charge in [0.15, 0.2) is 5.84 Å². The van der Waals surface area contributed by atoms with Crippen LogP contribution < -0.4 is 11.1 Å². The maximum Gasteiger partial charge on any atom is 0.153 e. The molecule has 0 saturated heterocycles. The lowest BCUT2D eigenvalue weighted by molar-refractivity contribution is 0.317. The summed E-state index contributed by atoms with van der Waals surface area (Å²) in [6, 6.07) is 6.43. The standard InChI is InChI=1S/C10H14FN3O/c11-9-3-1-2-8(6-9)4-5-13-7-10(12)14-15/h1-3,6,13,15H,4-5,7H2,(H2,12,14). The predicted octanol–water partition coefficient (Wildman–Crippen LogP) is 0.704. The van der Waals surface area contributed by atoms with Gasteiger partial charge in [-0.25, -0.2) is 4.39 Å². The first-order valence-electron chi connectivity index (χ1n) is 4.64. The molecular formula is C10H14FN3O. The second-order valence-corrected chi connectivity index (χ2v) is 3.15. The Hall–Kier alpha value is -1.62. The van der Waals surface area contributed by atoms with Crippen LogP contribution in [0.15, 0.2) is 29.4 Å². The molecule has 0 unspecified atom stereocenters. The minimum Gasteiger partial charge on any atom is -0.409 e. The number of hydrogen-bond acceptors (Lipinski definition) is 3. The largest absolute Gasteiger partial charge is 0.409 e. The molecule has 0 spiro atoms. The van der Waals surface area contributed by atoms with Gasteiger partial charge in [-0.1, -0.05) is 17.3 Å². The van der Waals surface area contributed by atoms with Crippen LogP contribution in [0.2, 0.25) is 0 Å². The van der Waals surface area contributed by atoms with Crippen molar-refractivity contribution >= 4 is 5.84 Å². The van der Waals surface area contributed by atoms with Crippen molar-refractivity contribution in [2.75, 3.05) is 13.1 Å². The van der Waals surface area contributed by atoms with Crippen molar-refractivity contribution in [1.29, 1.82) is 0 Å². The van der Waals surface area contributed by atoms with Gasteiger partial charge in [-0.3, -0.25) is 0 Å². The van der Waals surface area contributed by atoms with Gasteiger partial charge in [0.1, 0.15) is 5.82 Å². The highest BCUT2D eigenvalue weighted by atomic mass is 19.1. The number of hydrogen-bond donors (Lipinski definition) is 3. The fraction of sp³-hybridized carbons (Fsp3) is 0.300. The molecule has 1 aromatic carbocycles. The normalized spacial score (nSPS) is 11.7. The maximum atomic E-state index is 12.8. The molecule has 0 amide bonds. The number of oxime groups is 1. The molecule has 0 radical (unpaired) electrons. The molecule has 4 N–H and O–H groups in total. The van der Waals surface area contributed by atoms with Crippen molar-refractivity contribution in [3.05, 3.63) is 35.6 Å². The summed E-state index contributed by atoms with van der Waals surface area (Å²) in [7, 11) is 0. The summed E-state index contributed by atoms with van der Waals surface area (Å²) in [6.07, 6.45) is 0.705. The summed E-state index contributed by atoms with van der Waals surface area (Å²) in [5.41, 5.74) is 6.17. The summed E-state index contributed by atoms with van der Waals surface area (Å²) in [5, 5.41) is 14.0. The lowest BCUT2D eigenvalue weighted by Crippen LogP contribution is -2.30. The van der Waals surface area contributed by atoms with Crippen molar-refractivity contribution in [3.63, 3.8) is 0 Å². The molecule has 82 valence electrons. The minimum absolute atomic E-state index is 0.134. The van der Waals surface area contributed by atoms with Crippen LogP contribution in [0.1, 0.15) is 5.56 Å². The van der Waals surface area contributed by atoms with Crippen LogP contribution >= 0.6 is 0 Å². The summed E-state index contributed by atoms with van der Waals surface area (Å²) in [6.45, 7) is 0.978. The Labute approximate surface area is 87.6 Å². The van der Waals surface area contributed by atoms with Crippen molar-refractivity contribution in [1.82, 2.24) is 5.32 Å². The van der Waals surface area contributed by atoms with Crippen LogP contribution in [0, 0.1) is 5.82 Å². The summed E-state index contributed by atoms with van der Waals surface area (Å²) >= 11 is 0. The van der Waals surface area contributed by atoms with E-state index in [4.69, 9.17) is 10.9 Å². The van der Waals surface area contributed by atoms with Crippen molar-refractivity contribution < 1.29 is 9.60 Å². The monoisotopic (exact) mass is 211 g/mol. The van der Waals surface area contributed by atoms with E-state index >= 15 is 0 Å². The Balaban J connectivity index is 2.26. The molecule has 1 rings (SSSR count). The van der Waals surface area contributed by atoms with E-state index in [1.54, 1.807) is 6.07 Å². The van der Waals surface area contributed by atoms with E-state index in [1.165, 1.54) is 12.1 Å². The fourth-order valence-electron chi connectivity index (χ4n) is 1.18. The number of amidine groups is 1. The van der Waals surface area contributed by atoms with Crippen LogP contribution in [0.25, 0.3) is 0 Å². The quantitative estimate of drug-likeness (QED) is 0.221. The van der Waals surface area contributed by atoms with E-state index in [1.807, 2.05) is 6.07 Å². The molecule has 5 heteroatoms. The average molecular weight is 211 g/mol. The first-order valence-corrected chi connectivity index (χ1v) is 4.64. The molecule has 0 aliphatic carbocycles. The SMILES string of the molecule is NC(CNCCc1cccc(F)c1)=NO. The van der Waals surface area contributed by atoms with Gasteiger partial charge in [-0.15, -0.1) is 0 Å². The lowest BCUT2D eigenvalue weighted by atomic mass is 10.1. The Kier molecular flexibility index (Phi) is 4.56. The highest BCUT2D eigenvalue weighted by molar-refractivity contribution is 5.81. The van der Waals surface area contributed by atoms with Gasteiger partial charge < -0.3 is 16.3 Å². The molecule has 1 aromatic rings. The summed E-state index contributed by atoms with van der Waals surface area (Å²) in [5.74, 6) is -0.0989. The highest BCUT2D eigenvalue weighted by Gasteiger charge is 1.96. The lowest BCUT2D eigenvalue weighted by Gasteiger charge is -2.03. The number of halogens is 1. The molecule has 0 fully saturated rings. The van der Waals surface area contributed by atoms with Gasteiger partial charge in [0.25, 0.3) is 0 Å². The first-order chi connectivity index (χ1) is 7.22. The van der Waals surface area contributed by atoms with Crippen molar-refractivity contribution in [2.45, 2.75) is 6.42 Å². The minimum atomic E-state index is -0.232. The molecule has 0 aliphatic rings. The third kappa shape index (κ3) is 4.42. The van der Waals surface area contributed by atoms with Crippen molar-refractivity contribution in [2.24, 2.45) is 10.9 Å². The zero-order valence-corrected chi connectivity index (χ0v) is 8.28. The molecule has 15 heavy (non-hydrogen) atoms. The Morgan fingerprint density at radius 2 is 2.33 bits per heavy atom. The van der Waals surface area contributed by atoms with Gasteiger partial charge in [-0.05, 0) is 30.7 Å². The first kappa shape index (κ1) is 11.5. The van der Waals surface area contributed by atoms with Crippen LogP contribution in [-0.4, -0.2) is 24.1 Å². The summed E-state index contributed by atoms with van der Waals surface area (Å²) < 4.78 is 12.8. The van der Waals surface area contributed by atoms with E-state index in [9.17, 15) is 4.39 Å². The molecule has 0 aliphatic heterocycles. The molecule has 0 heterocycles. The maximum absolute atomic E-state index is 12.8. The highest BCUT2D eigenvalue weighted by Crippen LogP contribution is 2.03. The average Bonchev–Trinajstić information content (AvgIpc) is 2.24. The van der Waals surface area contributed by atoms with Crippen LogP contribution in [0.5, 0.6) is 0 Å². The molecule has 0 aromatic heterocycles. The summed E-state index contributed by atoms with van der Waals surface area (Å²) in [4.78, 5) is 0. The second kappa shape index (κ2) is 5.98. The molecule has 0 saturated carbocycles. The van der Waals surface area contributed by atoms with Gasteiger partial charge >= 0.3 is 0 Å². The van der Waals surface area contributed by atoms with E-state index in [0.29, 0.717) is 19.5 Å². The van der Waals surface area contributed by atoms with Gasteiger partial charge in [-0.2, -0.15) is 0 Å². The number of nitrogens with one attached hydrogen (secondary N) is 1. The number of nitrogens with zero attached hydrogens (tertiary/aromatic N) is 1.